The number of nitrogens with zero attached hydrogens (tertiary/aromatic N) is 4. The Balaban J connectivity index is 1.32. The summed E-state index contributed by atoms with van der Waals surface area (Å²) in [5.74, 6) is 1.90. The third-order valence-corrected chi connectivity index (χ3v) is 5.41. The topological polar surface area (TPSA) is 90.5 Å². The Labute approximate surface area is 170 Å². The highest BCUT2D eigenvalue weighted by atomic mass is 16.2. The molecule has 2 aliphatic rings. The lowest BCUT2D eigenvalue weighted by Gasteiger charge is -2.36. The van der Waals surface area contributed by atoms with Crippen LogP contribution in [0.4, 0.5) is 11.6 Å². The van der Waals surface area contributed by atoms with Gasteiger partial charge in [-0.05, 0) is 24.6 Å². The predicted octanol–water partition coefficient (Wildman–Crippen LogP) is 1.09. The molecule has 0 bridgehead atoms. The van der Waals surface area contributed by atoms with E-state index in [1.54, 1.807) is 6.20 Å². The normalized spacial score (nSPS) is 19.2. The number of pyridine rings is 2. The van der Waals surface area contributed by atoms with E-state index >= 15 is 0 Å². The van der Waals surface area contributed by atoms with Gasteiger partial charge in [0.25, 0.3) is 0 Å². The van der Waals surface area contributed by atoms with Crippen LogP contribution in [0.5, 0.6) is 0 Å². The van der Waals surface area contributed by atoms with Crippen molar-refractivity contribution in [3.63, 3.8) is 0 Å². The van der Waals surface area contributed by atoms with Crippen molar-refractivity contribution in [2.45, 2.75) is 31.8 Å². The second kappa shape index (κ2) is 8.89. The van der Waals surface area contributed by atoms with Crippen LogP contribution in [-0.4, -0.2) is 54.0 Å². The third kappa shape index (κ3) is 4.82. The molecule has 8 heteroatoms. The van der Waals surface area contributed by atoms with E-state index in [1.165, 1.54) is 0 Å². The summed E-state index contributed by atoms with van der Waals surface area (Å²) in [6.45, 7) is 3.88. The first-order chi connectivity index (χ1) is 14.2. The summed E-state index contributed by atoms with van der Waals surface area (Å²) in [7, 11) is 0. The van der Waals surface area contributed by atoms with Crippen molar-refractivity contribution in [2.24, 2.45) is 0 Å². The van der Waals surface area contributed by atoms with Crippen LogP contribution in [-0.2, 0) is 16.1 Å². The molecule has 2 aromatic heterocycles. The van der Waals surface area contributed by atoms with Gasteiger partial charge in [-0.1, -0.05) is 12.1 Å². The number of hydrogen-bond donors (Lipinski definition) is 2. The second-order valence-electron chi connectivity index (χ2n) is 7.43. The zero-order valence-corrected chi connectivity index (χ0v) is 16.4. The Morgan fingerprint density at radius 2 is 1.86 bits per heavy atom. The minimum Gasteiger partial charge on any atom is -0.353 e. The second-order valence-corrected chi connectivity index (χ2v) is 7.43. The lowest BCUT2D eigenvalue weighted by molar-refractivity contribution is -0.121. The van der Waals surface area contributed by atoms with Crippen molar-refractivity contribution in [1.29, 1.82) is 0 Å². The zero-order valence-electron chi connectivity index (χ0n) is 16.4. The molecule has 8 nitrogen and oxygen atoms in total. The molecule has 0 radical (unpaired) electrons. The van der Waals surface area contributed by atoms with Crippen molar-refractivity contribution >= 4 is 23.5 Å². The molecule has 1 atom stereocenters. The quantitative estimate of drug-likeness (QED) is 0.762. The number of nitrogens with one attached hydrogen (secondary N) is 2. The van der Waals surface area contributed by atoms with E-state index in [4.69, 9.17) is 0 Å². The van der Waals surface area contributed by atoms with E-state index in [-0.39, 0.29) is 17.9 Å². The summed E-state index contributed by atoms with van der Waals surface area (Å²) < 4.78 is 0. The fourth-order valence-electron chi connectivity index (χ4n) is 3.86. The average molecular weight is 394 g/mol. The molecule has 2 N–H and O–H groups in total. The lowest BCUT2D eigenvalue weighted by atomic mass is 10.1. The number of hydrogen-bond acceptors (Lipinski definition) is 6. The molecular formula is C21H26N6O2. The van der Waals surface area contributed by atoms with Gasteiger partial charge in [0.2, 0.25) is 11.8 Å². The highest BCUT2D eigenvalue weighted by molar-refractivity contribution is 5.81. The fraction of sp³-hybridized carbons (Fsp3) is 0.429. The molecule has 4 rings (SSSR count). The highest BCUT2D eigenvalue weighted by Crippen LogP contribution is 2.21. The first-order valence-corrected chi connectivity index (χ1v) is 10.1. The average Bonchev–Trinajstić information content (AvgIpc) is 3.17. The summed E-state index contributed by atoms with van der Waals surface area (Å²) in [5, 5.41) is 5.81. The molecular weight excluding hydrogens is 368 g/mol. The van der Waals surface area contributed by atoms with Crippen LogP contribution in [0.25, 0.3) is 0 Å². The molecule has 2 aliphatic heterocycles. The van der Waals surface area contributed by atoms with Crippen molar-refractivity contribution < 1.29 is 9.59 Å². The van der Waals surface area contributed by atoms with E-state index in [0.717, 1.165) is 49.8 Å². The number of amides is 2. The molecule has 4 heterocycles. The smallest absolute Gasteiger partial charge is 0.222 e. The van der Waals surface area contributed by atoms with E-state index < -0.39 is 0 Å². The fourth-order valence-corrected chi connectivity index (χ4v) is 3.86. The maximum absolute atomic E-state index is 12.3. The van der Waals surface area contributed by atoms with Gasteiger partial charge in [-0.3, -0.25) is 9.59 Å². The summed E-state index contributed by atoms with van der Waals surface area (Å²) >= 11 is 0. The molecule has 0 aliphatic carbocycles. The summed E-state index contributed by atoms with van der Waals surface area (Å²) in [6, 6.07) is 9.82. The van der Waals surface area contributed by atoms with Crippen LogP contribution in [0.3, 0.4) is 0 Å². The molecule has 0 spiro atoms. The van der Waals surface area contributed by atoms with Crippen LogP contribution in [0.2, 0.25) is 0 Å². The zero-order chi connectivity index (χ0) is 20.1. The van der Waals surface area contributed by atoms with Gasteiger partial charge < -0.3 is 20.4 Å². The van der Waals surface area contributed by atoms with Crippen molar-refractivity contribution in [3.05, 3.63) is 48.3 Å². The third-order valence-electron chi connectivity index (χ3n) is 5.41. The maximum Gasteiger partial charge on any atom is 0.222 e. The number of piperazine rings is 1. The van der Waals surface area contributed by atoms with Crippen LogP contribution in [0.15, 0.2) is 42.7 Å². The molecule has 0 aromatic carbocycles. The molecule has 152 valence electrons. The Morgan fingerprint density at radius 3 is 2.59 bits per heavy atom. The minimum absolute atomic E-state index is 0.0298. The summed E-state index contributed by atoms with van der Waals surface area (Å²) in [5.41, 5.74) is 1.00. The van der Waals surface area contributed by atoms with Gasteiger partial charge in [0.05, 0.1) is 0 Å². The number of carbonyl (C=O) groups is 2. The Kier molecular flexibility index (Phi) is 5.88. The molecule has 0 saturated carbocycles. The van der Waals surface area contributed by atoms with Crippen LogP contribution >= 0.6 is 0 Å². The number of carbonyl (C=O) groups excluding carboxylic acids is 2. The molecule has 1 unspecified atom stereocenters. The Morgan fingerprint density at radius 1 is 1.07 bits per heavy atom. The lowest BCUT2D eigenvalue weighted by Crippen LogP contribution is -2.47. The van der Waals surface area contributed by atoms with Crippen LogP contribution in [0.1, 0.15) is 24.8 Å². The molecule has 2 amide bonds. The molecule has 29 heavy (non-hydrogen) atoms. The van der Waals surface area contributed by atoms with E-state index in [1.807, 2.05) is 36.5 Å². The predicted molar refractivity (Wildman–Crippen MR) is 111 cm³/mol. The maximum atomic E-state index is 12.3. The minimum atomic E-state index is -0.0491. The summed E-state index contributed by atoms with van der Waals surface area (Å²) in [6.07, 6.45) is 5.17. The van der Waals surface area contributed by atoms with E-state index in [2.05, 4.69) is 30.4 Å². The first-order valence-electron chi connectivity index (χ1n) is 10.1. The highest BCUT2D eigenvalue weighted by Gasteiger charge is 2.24. The first kappa shape index (κ1) is 19.2. The molecule has 2 saturated heterocycles. The Hall–Kier alpha value is -3.16. The van der Waals surface area contributed by atoms with Crippen molar-refractivity contribution in [3.8, 4) is 0 Å². The van der Waals surface area contributed by atoms with Gasteiger partial charge in [-0.2, -0.15) is 0 Å². The van der Waals surface area contributed by atoms with Gasteiger partial charge in [0.15, 0.2) is 0 Å². The Bertz CT molecular complexity index is 851. The monoisotopic (exact) mass is 394 g/mol. The van der Waals surface area contributed by atoms with Gasteiger partial charge in [0.1, 0.15) is 11.6 Å². The number of rotatable bonds is 6. The molecule has 2 aromatic rings. The van der Waals surface area contributed by atoms with Gasteiger partial charge in [0, 0.05) is 69.6 Å². The molecule has 2 fully saturated rings. The number of anilines is 2. The van der Waals surface area contributed by atoms with Crippen molar-refractivity contribution in [1.82, 2.24) is 20.6 Å². The standard InChI is InChI=1S/C21H26N6O2/c28-19-7-6-17(25-19)14-20(29)24-15-16-4-3-9-23-21(16)27-12-10-26(11-13-27)18-5-1-2-8-22-18/h1-5,8-9,17H,6-7,10-15H2,(H,24,29)(H,25,28). The summed E-state index contributed by atoms with van der Waals surface area (Å²) in [4.78, 5) is 37.1. The SMILES string of the molecule is O=C(CC1CCC(=O)N1)NCc1cccnc1N1CCN(c2ccccn2)CC1. The van der Waals surface area contributed by atoms with Gasteiger partial charge >= 0.3 is 0 Å². The van der Waals surface area contributed by atoms with Crippen molar-refractivity contribution in [2.75, 3.05) is 36.0 Å². The van der Waals surface area contributed by atoms with Crippen LogP contribution in [0, 0.1) is 0 Å². The largest absolute Gasteiger partial charge is 0.353 e. The van der Waals surface area contributed by atoms with Crippen LogP contribution < -0.4 is 20.4 Å². The van der Waals surface area contributed by atoms with E-state index in [0.29, 0.717) is 19.4 Å². The van der Waals surface area contributed by atoms with Gasteiger partial charge in [-0.25, -0.2) is 9.97 Å². The number of aromatic nitrogens is 2. The van der Waals surface area contributed by atoms with E-state index in [9.17, 15) is 9.59 Å². The van der Waals surface area contributed by atoms with Gasteiger partial charge in [-0.15, -0.1) is 0 Å².